The SMILES string of the molecule is CC(C)(C)C(=O)N1CCN(c2ccc(NC(=S)NC(=O)c3cccc(Cl)c3)cc2)CC1. The Morgan fingerprint density at radius 2 is 1.65 bits per heavy atom. The van der Waals surface area contributed by atoms with Crippen molar-refractivity contribution in [1.29, 1.82) is 0 Å². The molecule has 0 aliphatic carbocycles. The van der Waals surface area contributed by atoms with Gasteiger partial charge < -0.3 is 15.1 Å². The van der Waals surface area contributed by atoms with Crippen LogP contribution in [0.5, 0.6) is 0 Å². The van der Waals surface area contributed by atoms with Gasteiger partial charge in [-0.15, -0.1) is 0 Å². The van der Waals surface area contributed by atoms with E-state index in [9.17, 15) is 9.59 Å². The van der Waals surface area contributed by atoms with E-state index in [2.05, 4.69) is 15.5 Å². The number of nitrogens with zero attached hydrogens (tertiary/aromatic N) is 2. The molecule has 6 nitrogen and oxygen atoms in total. The normalized spacial score (nSPS) is 14.2. The summed E-state index contributed by atoms with van der Waals surface area (Å²) in [4.78, 5) is 28.9. The second-order valence-electron chi connectivity index (χ2n) is 8.49. The number of anilines is 2. The van der Waals surface area contributed by atoms with Crippen molar-refractivity contribution in [2.45, 2.75) is 20.8 Å². The molecule has 1 fully saturated rings. The summed E-state index contributed by atoms with van der Waals surface area (Å²) in [5.74, 6) is -0.126. The number of carbonyl (C=O) groups excluding carboxylic acids is 2. The van der Waals surface area contributed by atoms with Crippen molar-refractivity contribution in [2.24, 2.45) is 5.41 Å². The third kappa shape index (κ3) is 6.18. The van der Waals surface area contributed by atoms with Gasteiger partial charge in [-0.1, -0.05) is 38.4 Å². The molecule has 0 saturated carbocycles. The van der Waals surface area contributed by atoms with Crippen molar-refractivity contribution in [1.82, 2.24) is 10.2 Å². The summed E-state index contributed by atoms with van der Waals surface area (Å²) in [6.45, 7) is 8.89. The fourth-order valence-corrected chi connectivity index (χ4v) is 3.77. The van der Waals surface area contributed by atoms with Gasteiger partial charge >= 0.3 is 0 Å². The highest BCUT2D eigenvalue weighted by molar-refractivity contribution is 7.80. The van der Waals surface area contributed by atoms with Crippen LogP contribution >= 0.6 is 23.8 Å². The smallest absolute Gasteiger partial charge is 0.257 e. The maximum Gasteiger partial charge on any atom is 0.257 e. The Morgan fingerprint density at radius 1 is 1.00 bits per heavy atom. The van der Waals surface area contributed by atoms with E-state index in [1.54, 1.807) is 24.3 Å². The van der Waals surface area contributed by atoms with Gasteiger partial charge in [-0.25, -0.2) is 0 Å². The van der Waals surface area contributed by atoms with Gasteiger partial charge in [-0.3, -0.25) is 14.9 Å². The number of benzene rings is 2. The molecule has 2 aromatic rings. The average molecular weight is 459 g/mol. The Balaban J connectivity index is 1.52. The highest BCUT2D eigenvalue weighted by Gasteiger charge is 2.29. The molecular weight excluding hydrogens is 432 g/mol. The highest BCUT2D eigenvalue weighted by Crippen LogP contribution is 2.22. The molecule has 1 aliphatic heterocycles. The molecule has 1 heterocycles. The largest absolute Gasteiger partial charge is 0.368 e. The van der Waals surface area contributed by atoms with E-state index in [-0.39, 0.29) is 22.3 Å². The summed E-state index contributed by atoms with van der Waals surface area (Å²) < 4.78 is 0. The van der Waals surface area contributed by atoms with E-state index in [0.717, 1.165) is 37.6 Å². The Labute approximate surface area is 193 Å². The minimum absolute atomic E-state index is 0.194. The maximum atomic E-state index is 12.4. The van der Waals surface area contributed by atoms with Crippen LogP contribution in [0.3, 0.4) is 0 Å². The van der Waals surface area contributed by atoms with Crippen molar-refractivity contribution >= 4 is 52.1 Å². The molecule has 0 radical (unpaired) electrons. The molecule has 0 atom stereocenters. The third-order valence-corrected chi connectivity index (χ3v) is 5.45. The lowest BCUT2D eigenvalue weighted by molar-refractivity contribution is -0.139. The van der Waals surface area contributed by atoms with Crippen molar-refractivity contribution < 1.29 is 9.59 Å². The second-order valence-corrected chi connectivity index (χ2v) is 9.34. The minimum Gasteiger partial charge on any atom is -0.368 e. The highest BCUT2D eigenvalue weighted by atomic mass is 35.5. The summed E-state index contributed by atoms with van der Waals surface area (Å²) in [6.07, 6.45) is 0. The Bertz CT molecular complexity index is 964. The van der Waals surface area contributed by atoms with E-state index < -0.39 is 0 Å². The number of hydrogen-bond acceptors (Lipinski definition) is 4. The van der Waals surface area contributed by atoms with E-state index in [4.69, 9.17) is 23.8 Å². The van der Waals surface area contributed by atoms with E-state index in [1.165, 1.54) is 0 Å². The third-order valence-electron chi connectivity index (χ3n) is 5.01. The van der Waals surface area contributed by atoms with Gasteiger partial charge in [-0.05, 0) is 54.7 Å². The number of nitrogens with one attached hydrogen (secondary N) is 2. The van der Waals surface area contributed by atoms with Crippen LogP contribution in [0, 0.1) is 5.41 Å². The number of hydrogen-bond donors (Lipinski definition) is 2. The fraction of sp³-hybridized carbons (Fsp3) is 0.348. The monoisotopic (exact) mass is 458 g/mol. The van der Waals surface area contributed by atoms with Crippen LogP contribution < -0.4 is 15.5 Å². The van der Waals surface area contributed by atoms with Gasteiger partial charge in [0.1, 0.15) is 0 Å². The van der Waals surface area contributed by atoms with Gasteiger partial charge in [0.05, 0.1) is 0 Å². The number of thiocarbonyl (C=S) groups is 1. The standard InChI is InChI=1S/C23H27ClN4O2S/c1-23(2,3)21(30)28-13-11-27(12-14-28)19-9-7-18(8-10-19)25-22(31)26-20(29)16-5-4-6-17(24)15-16/h4-10,15H,11-14H2,1-3H3,(H2,25,26,29,31). The van der Waals surface area contributed by atoms with Gasteiger partial charge in [-0.2, -0.15) is 0 Å². The molecule has 2 amide bonds. The van der Waals surface area contributed by atoms with Crippen LogP contribution in [0.2, 0.25) is 5.02 Å². The zero-order chi connectivity index (χ0) is 22.6. The zero-order valence-electron chi connectivity index (χ0n) is 17.9. The van der Waals surface area contributed by atoms with E-state index in [0.29, 0.717) is 10.6 Å². The van der Waals surface area contributed by atoms with Crippen LogP contribution in [-0.4, -0.2) is 48.0 Å². The predicted molar refractivity (Wildman–Crippen MR) is 130 cm³/mol. The first-order valence-corrected chi connectivity index (χ1v) is 10.9. The van der Waals surface area contributed by atoms with Crippen LogP contribution in [0.25, 0.3) is 0 Å². The van der Waals surface area contributed by atoms with Crippen LogP contribution in [0.1, 0.15) is 31.1 Å². The topological polar surface area (TPSA) is 64.7 Å². The van der Waals surface area contributed by atoms with E-state index in [1.807, 2.05) is 49.9 Å². The molecule has 1 aliphatic rings. The quantitative estimate of drug-likeness (QED) is 0.676. The number of rotatable bonds is 3. The molecule has 0 aromatic heterocycles. The summed E-state index contributed by atoms with van der Waals surface area (Å²) in [6, 6.07) is 14.5. The number of halogens is 1. The van der Waals surface area contributed by atoms with Gasteiger partial charge in [0.15, 0.2) is 5.11 Å². The molecular formula is C23H27ClN4O2S. The molecule has 0 bridgehead atoms. The average Bonchev–Trinajstić information content (AvgIpc) is 2.73. The molecule has 2 aromatic carbocycles. The van der Waals surface area contributed by atoms with Crippen molar-refractivity contribution in [3.63, 3.8) is 0 Å². The van der Waals surface area contributed by atoms with E-state index >= 15 is 0 Å². The summed E-state index contributed by atoms with van der Waals surface area (Å²) >= 11 is 11.2. The number of piperazine rings is 1. The van der Waals surface area contributed by atoms with Crippen molar-refractivity contribution in [2.75, 3.05) is 36.4 Å². The predicted octanol–water partition coefficient (Wildman–Crippen LogP) is 4.16. The Kier molecular flexibility index (Phi) is 7.18. The van der Waals surface area contributed by atoms with Crippen LogP contribution in [-0.2, 0) is 4.79 Å². The van der Waals surface area contributed by atoms with Gasteiger partial charge in [0.25, 0.3) is 5.91 Å². The minimum atomic E-state index is -0.351. The fourth-order valence-electron chi connectivity index (χ4n) is 3.37. The first kappa shape index (κ1) is 23.0. The molecule has 8 heteroatoms. The summed E-state index contributed by atoms with van der Waals surface area (Å²) in [7, 11) is 0. The van der Waals surface area contributed by atoms with Gasteiger partial charge in [0, 0.05) is 53.6 Å². The maximum absolute atomic E-state index is 12.4. The first-order chi connectivity index (χ1) is 14.6. The first-order valence-electron chi connectivity index (χ1n) is 10.2. The number of amides is 2. The summed E-state index contributed by atoms with van der Waals surface area (Å²) in [5, 5.41) is 6.38. The second kappa shape index (κ2) is 9.66. The molecule has 3 rings (SSSR count). The lowest BCUT2D eigenvalue weighted by atomic mass is 9.94. The lowest BCUT2D eigenvalue weighted by Crippen LogP contribution is -2.51. The lowest BCUT2D eigenvalue weighted by Gasteiger charge is -2.38. The molecule has 2 N–H and O–H groups in total. The Hall–Kier alpha value is -2.64. The molecule has 1 saturated heterocycles. The molecule has 31 heavy (non-hydrogen) atoms. The van der Waals surface area contributed by atoms with Crippen LogP contribution in [0.15, 0.2) is 48.5 Å². The summed E-state index contributed by atoms with van der Waals surface area (Å²) in [5.41, 5.74) is 1.95. The Morgan fingerprint density at radius 3 is 2.23 bits per heavy atom. The molecule has 0 spiro atoms. The number of carbonyl (C=O) groups is 2. The zero-order valence-corrected chi connectivity index (χ0v) is 19.5. The van der Waals surface area contributed by atoms with Crippen molar-refractivity contribution in [3.8, 4) is 0 Å². The van der Waals surface area contributed by atoms with Gasteiger partial charge in [0.2, 0.25) is 5.91 Å². The molecule has 164 valence electrons. The molecule has 0 unspecified atom stereocenters. The van der Waals surface area contributed by atoms with Crippen LogP contribution in [0.4, 0.5) is 11.4 Å². The van der Waals surface area contributed by atoms with Crippen molar-refractivity contribution in [3.05, 3.63) is 59.1 Å².